The molecule has 0 spiro atoms. The van der Waals surface area contributed by atoms with Gasteiger partial charge in [-0.1, -0.05) is 6.92 Å². The first-order chi connectivity index (χ1) is 7.95. The van der Waals surface area contributed by atoms with Crippen molar-refractivity contribution in [1.29, 1.82) is 0 Å². The van der Waals surface area contributed by atoms with Gasteiger partial charge in [0.1, 0.15) is 6.04 Å². The summed E-state index contributed by atoms with van der Waals surface area (Å²) in [6.45, 7) is 1.74. The first-order valence-electron chi connectivity index (χ1n) is 4.89. The zero-order valence-electron chi connectivity index (χ0n) is 9.01. The number of aliphatic carboxylic acids is 1. The number of hydrogen-bond donors (Lipinski definition) is 2. The molecular formula is C10H11BrN2O4. The number of carboxylic acid groups (broad SMARTS) is 1. The molecule has 0 aliphatic heterocycles. The predicted molar refractivity (Wildman–Crippen MR) is 66.1 cm³/mol. The van der Waals surface area contributed by atoms with Crippen LogP contribution in [0.3, 0.4) is 0 Å². The van der Waals surface area contributed by atoms with Gasteiger partial charge in [0, 0.05) is 11.8 Å². The Morgan fingerprint density at radius 1 is 1.65 bits per heavy atom. The fourth-order valence-corrected chi connectivity index (χ4v) is 1.81. The second kappa shape index (κ2) is 5.62. The number of hydrogen-bond acceptors (Lipinski definition) is 4. The van der Waals surface area contributed by atoms with E-state index in [-0.39, 0.29) is 5.69 Å². The molecule has 0 amide bonds. The normalized spacial score (nSPS) is 11.9. The first kappa shape index (κ1) is 13.4. The number of rotatable bonds is 5. The van der Waals surface area contributed by atoms with E-state index in [1.807, 2.05) is 0 Å². The molecule has 1 aromatic carbocycles. The predicted octanol–water partition coefficient (Wildman–Crippen LogP) is 2.63. The van der Waals surface area contributed by atoms with Crippen LogP contribution in [-0.2, 0) is 4.79 Å². The summed E-state index contributed by atoms with van der Waals surface area (Å²) in [6.07, 6.45) is 0.421. The average molecular weight is 303 g/mol. The van der Waals surface area contributed by atoms with Crippen LogP contribution in [-0.4, -0.2) is 22.0 Å². The molecule has 0 saturated carbocycles. The molecule has 1 atom stereocenters. The van der Waals surface area contributed by atoms with Crippen molar-refractivity contribution in [3.63, 3.8) is 0 Å². The van der Waals surface area contributed by atoms with Gasteiger partial charge in [0.15, 0.2) is 0 Å². The molecule has 0 aliphatic carbocycles. The van der Waals surface area contributed by atoms with Gasteiger partial charge in [-0.3, -0.25) is 10.1 Å². The second-order valence-electron chi connectivity index (χ2n) is 3.37. The maximum Gasteiger partial charge on any atom is 0.326 e. The van der Waals surface area contributed by atoms with Crippen molar-refractivity contribution in [3.8, 4) is 0 Å². The highest BCUT2D eigenvalue weighted by Gasteiger charge is 2.16. The number of halogens is 1. The molecule has 0 radical (unpaired) electrons. The van der Waals surface area contributed by atoms with Crippen molar-refractivity contribution in [3.05, 3.63) is 32.8 Å². The number of nitro groups is 1. The fourth-order valence-electron chi connectivity index (χ4n) is 1.28. The lowest BCUT2D eigenvalue weighted by Crippen LogP contribution is -2.28. The van der Waals surface area contributed by atoms with Gasteiger partial charge in [0.05, 0.1) is 9.40 Å². The van der Waals surface area contributed by atoms with Crippen LogP contribution >= 0.6 is 15.9 Å². The molecule has 1 rings (SSSR count). The molecule has 7 heteroatoms. The van der Waals surface area contributed by atoms with Gasteiger partial charge in [0.2, 0.25) is 0 Å². The summed E-state index contributed by atoms with van der Waals surface area (Å²) in [5, 5.41) is 22.2. The van der Waals surface area contributed by atoms with Gasteiger partial charge in [0.25, 0.3) is 5.69 Å². The summed E-state index contributed by atoms with van der Waals surface area (Å²) in [5.41, 5.74) is 0.468. The van der Waals surface area contributed by atoms with Crippen molar-refractivity contribution in [2.45, 2.75) is 19.4 Å². The zero-order valence-corrected chi connectivity index (χ0v) is 10.6. The molecule has 1 unspecified atom stereocenters. The molecule has 0 aliphatic rings. The van der Waals surface area contributed by atoms with Crippen molar-refractivity contribution < 1.29 is 14.8 Å². The highest BCUT2D eigenvalue weighted by atomic mass is 79.9. The monoisotopic (exact) mass is 302 g/mol. The summed E-state index contributed by atoms with van der Waals surface area (Å²) in [7, 11) is 0. The number of anilines is 1. The molecule has 0 fully saturated rings. The van der Waals surface area contributed by atoms with Crippen LogP contribution in [0.15, 0.2) is 22.7 Å². The highest BCUT2D eigenvalue weighted by Crippen LogP contribution is 2.28. The van der Waals surface area contributed by atoms with Gasteiger partial charge in [-0.25, -0.2) is 4.79 Å². The van der Waals surface area contributed by atoms with Crippen LogP contribution in [0.1, 0.15) is 13.3 Å². The standard InChI is InChI=1S/C10H11BrN2O4/c1-2-8(10(14)15)12-6-3-4-9(13(16)17)7(11)5-6/h3-5,8,12H,2H2,1H3,(H,14,15). The lowest BCUT2D eigenvalue weighted by Gasteiger charge is -2.13. The molecule has 1 aromatic rings. The van der Waals surface area contributed by atoms with Gasteiger partial charge >= 0.3 is 5.97 Å². The SMILES string of the molecule is CCC(Nc1ccc([N+](=O)[O-])c(Br)c1)C(=O)O. The maximum absolute atomic E-state index is 10.8. The molecule has 0 heterocycles. The molecule has 6 nitrogen and oxygen atoms in total. The number of carbonyl (C=O) groups is 1. The van der Waals surface area contributed by atoms with Crippen LogP contribution in [0, 0.1) is 10.1 Å². The number of carboxylic acids is 1. The smallest absolute Gasteiger partial charge is 0.326 e. The fraction of sp³-hybridized carbons (Fsp3) is 0.300. The van der Waals surface area contributed by atoms with E-state index in [0.29, 0.717) is 16.6 Å². The zero-order chi connectivity index (χ0) is 13.0. The van der Waals surface area contributed by atoms with Gasteiger partial charge in [-0.2, -0.15) is 0 Å². The quantitative estimate of drug-likeness (QED) is 0.644. The number of benzene rings is 1. The van der Waals surface area contributed by atoms with E-state index in [1.54, 1.807) is 6.92 Å². The lowest BCUT2D eigenvalue weighted by molar-refractivity contribution is -0.385. The first-order valence-corrected chi connectivity index (χ1v) is 5.68. The van der Waals surface area contributed by atoms with Crippen molar-refractivity contribution in [2.75, 3.05) is 5.32 Å². The van der Waals surface area contributed by atoms with Crippen molar-refractivity contribution in [1.82, 2.24) is 0 Å². The van der Waals surface area contributed by atoms with Crippen LogP contribution in [0.5, 0.6) is 0 Å². The minimum atomic E-state index is -0.957. The molecule has 0 bridgehead atoms. The summed E-state index contributed by atoms with van der Waals surface area (Å²) in [6, 6.07) is 3.59. The minimum absolute atomic E-state index is 0.0566. The highest BCUT2D eigenvalue weighted by molar-refractivity contribution is 9.10. The lowest BCUT2D eigenvalue weighted by atomic mass is 10.2. The van der Waals surface area contributed by atoms with E-state index >= 15 is 0 Å². The summed E-state index contributed by atoms with van der Waals surface area (Å²) >= 11 is 3.07. The molecule has 92 valence electrons. The number of nitrogens with one attached hydrogen (secondary N) is 1. The molecule has 2 N–H and O–H groups in total. The Labute approximate surface area is 106 Å². The topological polar surface area (TPSA) is 92.5 Å². The van der Waals surface area contributed by atoms with E-state index in [9.17, 15) is 14.9 Å². The molecule has 17 heavy (non-hydrogen) atoms. The third-order valence-electron chi connectivity index (χ3n) is 2.19. The average Bonchev–Trinajstić information content (AvgIpc) is 2.24. The Morgan fingerprint density at radius 2 is 2.29 bits per heavy atom. The largest absolute Gasteiger partial charge is 0.480 e. The van der Waals surface area contributed by atoms with E-state index in [0.717, 1.165) is 0 Å². The molecular weight excluding hydrogens is 292 g/mol. The van der Waals surface area contributed by atoms with Crippen LogP contribution < -0.4 is 5.32 Å². The van der Waals surface area contributed by atoms with E-state index in [1.165, 1.54) is 18.2 Å². The Bertz CT molecular complexity index is 450. The molecule has 0 aromatic heterocycles. The summed E-state index contributed by atoms with van der Waals surface area (Å²) in [5.74, 6) is -0.957. The summed E-state index contributed by atoms with van der Waals surface area (Å²) in [4.78, 5) is 20.9. The van der Waals surface area contributed by atoms with Gasteiger partial charge < -0.3 is 10.4 Å². The molecule has 0 saturated heterocycles. The van der Waals surface area contributed by atoms with Crippen LogP contribution in [0.4, 0.5) is 11.4 Å². The van der Waals surface area contributed by atoms with Gasteiger partial charge in [-0.15, -0.1) is 0 Å². The van der Waals surface area contributed by atoms with Crippen LogP contribution in [0.2, 0.25) is 0 Å². The second-order valence-corrected chi connectivity index (χ2v) is 4.22. The van der Waals surface area contributed by atoms with Crippen LogP contribution in [0.25, 0.3) is 0 Å². The summed E-state index contributed by atoms with van der Waals surface area (Å²) < 4.78 is 0.313. The number of nitro benzene ring substituents is 1. The minimum Gasteiger partial charge on any atom is -0.480 e. The van der Waals surface area contributed by atoms with E-state index < -0.39 is 16.9 Å². The Hall–Kier alpha value is -1.63. The Balaban J connectivity index is 2.90. The Morgan fingerprint density at radius 3 is 2.71 bits per heavy atom. The third kappa shape index (κ3) is 3.42. The third-order valence-corrected chi connectivity index (χ3v) is 2.83. The van der Waals surface area contributed by atoms with E-state index in [2.05, 4.69) is 21.2 Å². The Kier molecular flexibility index (Phi) is 4.45. The maximum atomic E-state index is 10.8. The number of nitrogens with zero attached hydrogens (tertiary/aromatic N) is 1. The van der Waals surface area contributed by atoms with Crippen molar-refractivity contribution in [2.24, 2.45) is 0 Å². The van der Waals surface area contributed by atoms with Crippen molar-refractivity contribution >= 4 is 33.3 Å². The van der Waals surface area contributed by atoms with E-state index in [4.69, 9.17) is 5.11 Å². The van der Waals surface area contributed by atoms with Gasteiger partial charge in [-0.05, 0) is 34.5 Å².